The van der Waals surface area contributed by atoms with Crippen LogP contribution < -0.4 is 0 Å². The summed E-state index contributed by atoms with van der Waals surface area (Å²) >= 11 is 1.33. The van der Waals surface area contributed by atoms with Gasteiger partial charge < -0.3 is 4.57 Å². The quantitative estimate of drug-likeness (QED) is 0.342. The second-order valence-electron chi connectivity index (χ2n) is 5.58. The Morgan fingerprint density at radius 2 is 1.63 bits per heavy atom. The summed E-state index contributed by atoms with van der Waals surface area (Å²) in [4.78, 5) is 20.8. The van der Waals surface area contributed by atoms with Gasteiger partial charge in [-0.05, 0) is 12.5 Å². The zero-order chi connectivity index (χ0) is 19.4. The summed E-state index contributed by atoms with van der Waals surface area (Å²) in [6, 6.07) is 13.3. The maximum Gasteiger partial charge on any atom is 0.276 e. The summed E-state index contributed by atoms with van der Waals surface area (Å²) < 4.78 is 1.94. The van der Waals surface area contributed by atoms with Crippen LogP contribution in [-0.2, 0) is 12.3 Å². The van der Waals surface area contributed by atoms with E-state index in [0.29, 0.717) is 23.0 Å². The maximum absolute atomic E-state index is 11.0. The summed E-state index contributed by atoms with van der Waals surface area (Å²) in [6.45, 7) is 2.62. The number of aromatic nitrogens is 3. The van der Waals surface area contributed by atoms with Gasteiger partial charge in [-0.1, -0.05) is 42.1 Å². The largest absolute Gasteiger partial charge is 0.302 e. The molecular weight excluding hydrogens is 370 g/mol. The van der Waals surface area contributed by atoms with Crippen LogP contribution in [0, 0.1) is 20.2 Å². The molecule has 0 radical (unpaired) electrons. The predicted octanol–water partition coefficient (Wildman–Crippen LogP) is 4.07. The number of thioether (sulfide) groups is 1. The van der Waals surface area contributed by atoms with Crippen LogP contribution in [0.25, 0.3) is 11.4 Å². The number of hydrogen-bond donors (Lipinski definition) is 0. The Hall–Kier alpha value is -3.27. The number of benzene rings is 2. The topological polar surface area (TPSA) is 117 Å². The van der Waals surface area contributed by atoms with Gasteiger partial charge in [0, 0.05) is 30.0 Å². The van der Waals surface area contributed by atoms with Crippen molar-refractivity contribution in [1.82, 2.24) is 14.8 Å². The van der Waals surface area contributed by atoms with E-state index in [1.165, 1.54) is 23.9 Å². The third kappa shape index (κ3) is 4.11. The van der Waals surface area contributed by atoms with Gasteiger partial charge in [-0.15, -0.1) is 10.2 Å². The molecule has 1 aromatic heterocycles. The molecule has 3 rings (SSSR count). The average molecular weight is 385 g/mol. The lowest BCUT2D eigenvalue weighted by molar-refractivity contribution is -0.394. The van der Waals surface area contributed by atoms with E-state index >= 15 is 0 Å². The summed E-state index contributed by atoms with van der Waals surface area (Å²) in [6.07, 6.45) is 0. The van der Waals surface area contributed by atoms with Crippen LogP contribution in [0.15, 0.2) is 53.7 Å². The highest BCUT2D eigenvalue weighted by molar-refractivity contribution is 7.98. The van der Waals surface area contributed by atoms with E-state index < -0.39 is 9.85 Å². The highest BCUT2D eigenvalue weighted by Crippen LogP contribution is 2.29. The third-order valence-electron chi connectivity index (χ3n) is 3.82. The van der Waals surface area contributed by atoms with Gasteiger partial charge in [0.25, 0.3) is 11.4 Å². The fourth-order valence-corrected chi connectivity index (χ4v) is 3.51. The van der Waals surface area contributed by atoms with E-state index in [1.807, 2.05) is 41.8 Å². The summed E-state index contributed by atoms with van der Waals surface area (Å²) in [5, 5.41) is 31.1. The van der Waals surface area contributed by atoms with Crippen molar-refractivity contribution in [2.24, 2.45) is 0 Å². The van der Waals surface area contributed by atoms with Crippen LogP contribution in [0.5, 0.6) is 0 Å². The minimum Gasteiger partial charge on any atom is -0.302 e. The van der Waals surface area contributed by atoms with Gasteiger partial charge in [0.1, 0.15) is 0 Å². The van der Waals surface area contributed by atoms with Gasteiger partial charge in [-0.3, -0.25) is 20.2 Å². The Bertz CT molecular complexity index is 958. The van der Waals surface area contributed by atoms with Crippen molar-refractivity contribution in [2.75, 3.05) is 0 Å². The number of nitro benzene ring substituents is 2. The smallest absolute Gasteiger partial charge is 0.276 e. The van der Waals surface area contributed by atoms with Gasteiger partial charge in [-0.2, -0.15) is 0 Å². The van der Waals surface area contributed by atoms with Crippen molar-refractivity contribution in [3.05, 3.63) is 74.3 Å². The Morgan fingerprint density at radius 1 is 1.00 bits per heavy atom. The maximum atomic E-state index is 11.0. The summed E-state index contributed by atoms with van der Waals surface area (Å²) in [5.74, 6) is 1.03. The molecular formula is C17H15N5O4S. The molecule has 0 amide bonds. The van der Waals surface area contributed by atoms with Crippen molar-refractivity contribution in [2.45, 2.75) is 24.4 Å². The molecule has 3 aromatic rings. The van der Waals surface area contributed by atoms with E-state index in [2.05, 4.69) is 10.2 Å². The summed E-state index contributed by atoms with van der Waals surface area (Å²) in [5.41, 5.74) is 0.806. The van der Waals surface area contributed by atoms with Crippen molar-refractivity contribution in [3.63, 3.8) is 0 Å². The van der Waals surface area contributed by atoms with E-state index in [1.54, 1.807) is 0 Å². The molecule has 138 valence electrons. The SMILES string of the molecule is CCn1c(SCc2cc([N+](=O)[O-])cc([N+](=O)[O-])c2)nnc1-c1ccccc1. The Labute approximate surface area is 158 Å². The minimum absolute atomic E-state index is 0.301. The molecule has 0 aliphatic rings. The minimum atomic E-state index is -0.636. The van der Waals surface area contributed by atoms with Crippen molar-refractivity contribution in [3.8, 4) is 11.4 Å². The van der Waals surface area contributed by atoms with Crippen molar-refractivity contribution in [1.29, 1.82) is 0 Å². The molecule has 0 saturated carbocycles. The van der Waals surface area contributed by atoms with Gasteiger partial charge in [0.15, 0.2) is 11.0 Å². The number of nitro groups is 2. The van der Waals surface area contributed by atoms with Crippen molar-refractivity contribution < 1.29 is 9.85 Å². The first kappa shape index (κ1) is 18.5. The molecule has 0 aliphatic carbocycles. The first-order valence-electron chi connectivity index (χ1n) is 8.03. The Morgan fingerprint density at radius 3 is 2.19 bits per heavy atom. The van der Waals surface area contributed by atoms with Gasteiger partial charge in [-0.25, -0.2) is 0 Å². The lowest BCUT2D eigenvalue weighted by Gasteiger charge is -2.07. The molecule has 10 heteroatoms. The van der Waals surface area contributed by atoms with Crippen LogP contribution >= 0.6 is 11.8 Å². The molecule has 27 heavy (non-hydrogen) atoms. The van der Waals surface area contributed by atoms with Crippen LogP contribution in [0.1, 0.15) is 12.5 Å². The molecule has 0 unspecified atom stereocenters. The van der Waals surface area contributed by atoms with Gasteiger partial charge in [0.2, 0.25) is 0 Å². The van der Waals surface area contributed by atoms with Crippen LogP contribution in [0.2, 0.25) is 0 Å². The molecule has 0 spiro atoms. The second kappa shape index (κ2) is 7.96. The number of nitrogens with zero attached hydrogens (tertiary/aromatic N) is 5. The fourth-order valence-electron chi connectivity index (χ4n) is 2.58. The van der Waals surface area contributed by atoms with E-state index in [-0.39, 0.29) is 11.4 Å². The highest BCUT2D eigenvalue weighted by atomic mass is 32.2. The Balaban J connectivity index is 1.86. The van der Waals surface area contributed by atoms with E-state index in [4.69, 9.17) is 0 Å². The lowest BCUT2D eigenvalue weighted by atomic mass is 10.2. The molecule has 0 fully saturated rings. The van der Waals surface area contributed by atoms with Crippen LogP contribution in [0.4, 0.5) is 11.4 Å². The molecule has 2 aromatic carbocycles. The molecule has 0 bridgehead atoms. The number of non-ortho nitro benzene ring substituents is 2. The standard InChI is InChI=1S/C17H15N5O4S/c1-2-20-16(13-6-4-3-5-7-13)18-19-17(20)27-11-12-8-14(21(23)24)10-15(9-12)22(25)26/h3-10H,2,11H2,1H3. The molecule has 0 saturated heterocycles. The Kier molecular flexibility index (Phi) is 5.46. The normalized spacial score (nSPS) is 10.7. The number of hydrogen-bond acceptors (Lipinski definition) is 7. The number of rotatable bonds is 7. The molecule has 1 heterocycles. The lowest BCUT2D eigenvalue weighted by Crippen LogP contribution is -2.00. The molecule has 0 N–H and O–H groups in total. The average Bonchev–Trinajstić information content (AvgIpc) is 3.09. The van der Waals surface area contributed by atoms with E-state index in [9.17, 15) is 20.2 Å². The fraction of sp³-hybridized carbons (Fsp3) is 0.176. The first-order chi connectivity index (χ1) is 13.0. The van der Waals surface area contributed by atoms with Gasteiger partial charge in [0.05, 0.1) is 15.9 Å². The van der Waals surface area contributed by atoms with Crippen molar-refractivity contribution >= 4 is 23.1 Å². The monoisotopic (exact) mass is 385 g/mol. The summed E-state index contributed by atoms with van der Waals surface area (Å²) in [7, 11) is 0. The molecule has 0 aliphatic heterocycles. The second-order valence-corrected chi connectivity index (χ2v) is 6.52. The van der Waals surface area contributed by atoms with Gasteiger partial charge >= 0.3 is 0 Å². The molecule has 0 atom stereocenters. The molecule has 9 nitrogen and oxygen atoms in total. The zero-order valence-electron chi connectivity index (χ0n) is 14.3. The third-order valence-corrected chi connectivity index (χ3v) is 4.85. The predicted molar refractivity (Wildman–Crippen MR) is 100 cm³/mol. The zero-order valence-corrected chi connectivity index (χ0v) is 15.1. The first-order valence-corrected chi connectivity index (χ1v) is 9.02. The highest BCUT2D eigenvalue weighted by Gasteiger charge is 2.18. The van der Waals surface area contributed by atoms with Crippen LogP contribution in [0.3, 0.4) is 0 Å². The van der Waals surface area contributed by atoms with E-state index in [0.717, 1.165) is 17.5 Å². The van der Waals surface area contributed by atoms with Crippen LogP contribution in [-0.4, -0.2) is 24.6 Å².